The summed E-state index contributed by atoms with van der Waals surface area (Å²) in [6, 6.07) is 8.99. The normalized spacial score (nSPS) is 17.8. The fourth-order valence-electron chi connectivity index (χ4n) is 3.56. The van der Waals surface area contributed by atoms with Crippen molar-refractivity contribution in [2.75, 3.05) is 26.7 Å². The topological polar surface area (TPSA) is 81.2 Å². The second-order valence-electron chi connectivity index (χ2n) is 7.12. The maximum atomic E-state index is 4.33. The Morgan fingerprint density at radius 3 is 2.96 bits per heavy atom. The summed E-state index contributed by atoms with van der Waals surface area (Å²) in [6.07, 6.45) is 6.71. The average molecular weight is 497 g/mol. The van der Waals surface area contributed by atoms with Crippen molar-refractivity contribution in [1.82, 2.24) is 30.7 Å². The van der Waals surface area contributed by atoms with E-state index in [9.17, 15) is 0 Å². The van der Waals surface area contributed by atoms with Gasteiger partial charge in [0.05, 0.1) is 0 Å². The minimum Gasteiger partial charge on any atom is -0.356 e. The van der Waals surface area contributed by atoms with Crippen molar-refractivity contribution in [3.8, 4) is 11.4 Å². The SMILES string of the molecule is CN=C(NCCCN1CCCCC1C)NCc1cccc(-c2ncn[nH]2)c1.I. The van der Waals surface area contributed by atoms with Crippen LogP contribution in [-0.4, -0.2) is 58.8 Å². The first-order valence-electron chi connectivity index (χ1n) is 9.89. The number of aliphatic imine (C=N–C) groups is 1. The van der Waals surface area contributed by atoms with Gasteiger partial charge < -0.3 is 15.5 Å². The van der Waals surface area contributed by atoms with Crippen molar-refractivity contribution in [3.63, 3.8) is 0 Å². The minimum absolute atomic E-state index is 0. The Bertz CT molecular complexity index is 717. The maximum absolute atomic E-state index is 4.33. The molecule has 1 saturated heterocycles. The first kappa shape index (κ1) is 22.6. The summed E-state index contributed by atoms with van der Waals surface area (Å²) in [4.78, 5) is 11.1. The largest absolute Gasteiger partial charge is 0.356 e. The monoisotopic (exact) mass is 497 g/mol. The van der Waals surface area contributed by atoms with Crippen LogP contribution in [0.1, 0.15) is 38.2 Å². The fraction of sp³-hybridized carbons (Fsp3) is 0.550. The maximum Gasteiger partial charge on any atom is 0.191 e. The van der Waals surface area contributed by atoms with E-state index in [4.69, 9.17) is 0 Å². The van der Waals surface area contributed by atoms with Gasteiger partial charge in [-0.15, -0.1) is 24.0 Å². The molecule has 1 fully saturated rings. The number of nitrogens with one attached hydrogen (secondary N) is 3. The van der Waals surface area contributed by atoms with Gasteiger partial charge in [-0.25, -0.2) is 4.98 Å². The van der Waals surface area contributed by atoms with Gasteiger partial charge in [-0.3, -0.25) is 10.1 Å². The fourth-order valence-corrected chi connectivity index (χ4v) is 3.56. The summed E-state index contributed by atoms with van der Waals surface area (Å²) in [7, 11) is 1.81. The third-order valence-corrected chi connectivity index (χ3v) is 5.15. The number of piperidine rings is 1. The number of benzene rings is 1. The minimum atomic E-state index is 0. The van der Waals surface area contributed by atoms with Crippen molar-refractivity contribution in [2.45, 2.75) is 45.2 Å². The van der Waals surface area contributed by atoms with E-state index in [1.54, 1.807) is 0 Å². The summed E-state index contributed by atoms with van der Waals surface area (Å²) in [5.41, 5.74) is 2.21. The highest BCUT2D eigenvalue weighted by atomic mass is 127. The number of guanidine groups is 1. The van der Waals surface area contributed by atoms with Crippen LogP contribution in [0, 0.1) is 0 Å². The third kappa shape index (κ3) is 6.73. The number of rotatable bonds is 7. The predicted molar refractivity (Wildman–Crippen MR) is 125 cm³/mol. The number of aromatic nitrogens is 3. The van der Waals surface area contributed by atoms with Gasteiger partial charge in [0.1, 0.15) is 6.33 Å². The Balaban J connectivity index is 0.00000280. The smallest absolute Gasteiger partial charge is 0.191 e. The number of H-pyrrole nitrogens is 1. The summed E-state index contributed by atoms with van der Waals surface area (Å²) in [6.45, 7) is 6.39. The van der Waals surface area contributed by atoms with Crippen molar-refractivity contribution < 1.29 is 0 Å². The number of halogens is 1. The van der Waals surface area contributed by atoms with Crippen LogP contribution in [0.5, 0.6) is 0 Å². The van der Waals surface area contributed by atoms with Gasteiger partial charge in [-0.1, -0.05) is 24.6 Å². The van der Waals surface area contributed by atoms with Gasteiger partial charge in [-0.05, 0) is 44.4 Å². The molecule has 1 aromatic carbocycles. The van der Waals surface area contributed by atoms with Crippen molar-refractivity contribution in [1.29, 1.82) is 0 Å². The van der Waals surface area contributed by atoms with Crippen molar-refractivity contribution in [2.24, 2.45) is 4.99 Å². The van der Waals surface area contributed by atoms with Gasteiger partial charge in [0.2, 0.25) is 0 Å². The second kappa shape index (κ2) is 12.0. The van der Waals surface area contributed by atoms with Gasteiger partial charge >= 0.3 is 0 Å². The van der Waals surface area contributed by atoms with E-state index in [2.05, 4.69) is 54.8 Å². The number of aromatic amines is 1. The molecule has 0 aliphatic carbocycles. The van der Waals surface area contributed by atoms with Crippen LogP contribution in [0.3, 0.4) is 0 Å². The molecule has 8 heteroatoms. The average Bonchev–Trinajstić information content (AvgIpc) is 3.24. The number of hydrogen-bond donors (Lipinski definition) is 3. The molecule has 1 aliphatic rings. The van der Waals surface area contributed by atoms with Gasteiger partial charge in [0.25, 0.3) is 0 Å². The first-order valence-corrected chi connectivity index (χ1v) is 9.89. The molecule has 0 bridgehead atoms. The van der Waals surface area contributed by atoms with E-state index in [1.165, 1.54) is 37.7 Å². The summed E-state index contributed by atoms with van der Waals surface area (Å²) in [5, 5.41) is 13.6. The molecule has 1 unspecified atom stereocenters. The molecular formula is C20H32IN7. The third-order valence-electron chi connectivity index (χ3n) is 5.15. The Morgan fingerprint density at radius 2 is 2.21 bits per heavy atom. The van der Waals surface area contributed by atoms with Crippen LogP contribution < -0.4 is 10.6 Å². The number of nitrogens with zero attached hydrogens (tertiary/aromatic N) is 4. The highest BCUT2D eigenvalue weighted by molar-refractivity contribution is 14.0. The van der Waals surface area contributed by atoms with E-state index in [1.807, 2.05) is 19.2 Å². The Kier molecular flexibility index (Phi) is 9.69. The van der Waals surface area contributed by atoms with Crippen molar-refractivity contribution in [3.05, 3.63) is 36.2 Å². The lowest BCUT2D eigenvalue weighted by Gasteiger charge is -2.33. The Labute approximate surface area is 184 Å². The van der Waals surface area contributed by atoms with Gasteiger partial charge in [0, 0.05) is 38.3 Å². The molecule has 3 rings (SSSR count). The van der Waals surface area contributed by atoms with Crippen LogP contribution in [0.2, 0.25) is 0 Å². The molecule has 28 heavy (non-hydrogen) atoms. The van der Waals surface area contributed by atoms with Crippen LogP contribution >= 0.6 is 24.0 Å². The lowest BCUT2D eigenvalue weighted by Crippen LogP contribution is -2.41. The summed E-state index contributed by atoms with van der Waals surface area (Å²) >= 11 is 0. The lowest BCUT2D eigenvalue weighted by atomic mass is 10.0. The number of likely N-dealkylation sites (tertiary alicyclic amines) is 1. The molecule has 154 valence electrons. The second-order valence-corrected chi connectivity index (χ2v) is 7.12. The molecule has 1 aromatic heterocycles. The molecule has 1 atom stereocenters. The van der Waals surface area contributed by atoms with Crippen molar-refractivity contribution >= 4 is 29.9 Å². The highest BCUT2D eigenvalue weighted by Crippen LogP contribution is 2.16. The lowest BCUT2D eigenvalue weighted by molar-refractivity contribution is 0.159. The van der Waals surface area contributed by atoms with Crippen LogP contribution in [0.25, 0.3) is 11.4 Å². The zero-order valence-electron chi connectivity index (χ0n) is 16.8. The molecule has 0 spiro atoms. The van der Waals surface area contributed by atoms with Crippen LogP contribution in [0.15, 0.2) is 35.6 Å². The van der Waals surface area contributed by atoms with Crippen LogP contribution in [0.4, 0.5) is 0 Å². The molecule has 0 amide bonds. The van der Waals surface area contributed by atoms with E-state index in [0.717, 1.165) is 42.9 Å². The van der Waals surface area contributed by atoms with E-state index in [0.29, 0.717) is 6.54 Å². The number of hydrogen-bond acceptors (Lipinski definition) is 4. The predicted octanol–water partition coefficient (Wildman–Crippen LogP) is 3.02. The molecule has 7 nitrogen and oxygen atoms in total. The highest BCUT2D eigenvalue weighted by Gasteiger charge is 2.17. The zero-order chi connectivity index (χ0) is 18.9. The Hall–Kier alpha value is -1.68. The molecule has 2 heterocycles. The van der Waals surface area contributed by atoms with Gasteiger partial charge in [0.15, 0.2) is 11.8 Å². The van der Waals surface area contributed by atoms with Crippen LogP contribution in [-0.2, 0) is 6.54 Å². The molecule has 3 N–H and O–H groups in total. The summed E-state index contributed by atoms with van der Waals surface area (Å²) < 4.78 is 0. The molecular weight excluding hydrogens is 465 g/mol. The van der Waals surface area contributed by atoms with Gasteiger partial charge in [-0.2, -0.15) is 5.10 Å². The molecule has 2 aromatic rings. The standard InChI is InChI=1S/C20H31N7.HI/c1-16-7-3-4-11-27(16)12-6-10-22-20(21-2)23-14-17-8-5-9-18(13-17)19-24-15-25-26-19;/h5,8-9,13,15-16H,3-4,6-7,10-12,14H2,1-2H3,(H2,21,22,23)(H,24,25,26);1H. The quantitative estimate of drug-likeness (QED) is 0.237. The molecule has 1 aliphatic heterocycles. The van der Waals surface area contributed by atoms with E-state index < -0.39 is 0 Å². The van der Waals surface area contributed by atoms with E-state index in [-0.39, 0.29) is 24.0 Å². The molecule has 0 radical (unpaired) electrons. The summed E-state index contributed by atoms with van der Waals surface area (Å²) in [5.74, 6) is 1.62. The zero-order valence-corrected chi connectivity index (χ0v) is 19.1. The molecule has 0 saturated carbocycles. The Morgan fingerprint density at radius 1 is 1.32 bits per heavy atom. The van der Waals surface area contributed by atoms with E-state index >= 15 is 0 Å². The first-order chi connectivity index (χ1) is 13.3.